The second kappa shape index (κ2) is 5.52. The van der Waals surface area contributed by atoms with E-state index in [1.165, 1.54) is 0 Å². The average Bonchev–Trinajstić information content (AvgIpc) is 3.11. The minimum absolute atomic E-state index is 0.100. The fourth-order valence-electron chi connectivity index (χ4n) is 2.95. The maximum absolute atomic E-state index is 12.4. The molecule has 110 valence electrons. The van der Waals surface area contributed by atoms with Crippen LogP contribution in [0.25, 0.3) is 0 Å². The highest BCUT2D eigenvalue weighted by molar-refractivity contribution is 5.90. The smallest absolute Gasteiger partial charge is 0.295 e. The molecule has 0 aromatic carbocycles. The zero-order chi connectivity index (χ0) is 14.1. The number of nitrogens with one attached hydrogen (secondary N) is 1. The highest BCUT2D eigenvalue weighted by atomic mass is 16.5. The van der Waals surface area contributed by atoms with Gasteiger partial charge in [-0.2, -0.15) is 4.98 Å². The highest BCUT2D eigenvalue weighted by Gasteiger charge is 2.30. The number of piperidine rings is 1. The standard InChI is InChI=1S/C14H22N4O2/c1-9-5-7-18(8-10(9)2)14(19)12-16-13(20-17-12)11-4-3-6-15-11/h9-11,15H,3-8H2,1-2H3. The van der Waals surface area contributed by atoms with Crippen molar-refractivity contribution in [2.24, 2.45) is 11.8 Å². The number of carbonyl (C=O) groups excluding carboxylic acids is 1. The van der Waals surface area contributed by atoms with E-state index in [9.17, 15) is 4.79 Å². The summed E-state index contributed by atoms with van der Waals surface area (Å²) >= 11 is 0. The van der Waals surface area contributed by atoms with Crippen LogP contribution in [0.4, 0.5) is 0 Å². The van der Waals surface area contributed by atoms with Crippen molar-refractivity contribution in [1.82, 2.24) is 20.4 Å². The van der Waals surface area contributed by atoms with Gasteiger partial charge in [-0.05, 0) is 37.6 Å². The first-order valence-corrected chi connectivity index (χ1v) is 7.51. The van der Waals surface area contributed by atoms with E-state index < -0.39 is 0 Å². The molecule has 3 unspecified atom stereocenters. The fourth-order valence-corrected chi connectivity index (χ4v) is 2.95. The van der Waals surface area contributed by atoms with Crippen LogP contribution in [0.3, 0.4) is 0 Å². The van der Waals surface area contributed by atoms with Crippen LogP contribution >= 0.6 is 0 Å². The lowest BCUT2D eigenvalue weighted by Gasteiger charge is -2.34. The van der Waals surface area contributed by atoms with Crippen LogP contribution in [0, 0.1) is 11.8 Å². The monoisotopic (exact) mass is 278 g/mol. The molecule has 2 fully saturated rings. The Hall–Kier alpha value is -1.43. The quantitative estimate of drug-likeness (QED) is 0.890. The molecule has 0 saturated carbocycles. The fraction of sp³-hybridized carbons (Fsp3) is 0.786. The summed E-state index contributed by atoms with van der Waals surface area (Å²) in [5.74, 6) is 1.84. The molecule has 2 aliphatic heterocycles. The Morgan fingerprint density at radius 2 is 2.20 bits per heavy atom. The number of rotatable bonds is 2. The Kier molecular flexibility index (Phi) is 3.74. The summed E-state index contributed by atoms with van der Waals surface area (Å²) < 4.78 is 5.24. The molecule has 0 spiro atoms. The largest absolute Gasteiger partial charge is 0.337 e. The zero-order valence-corrected chi connectivity index (χ0v) is 12.1. The van der Waals surface area contributed by atoms with Crippen LogP contribution in [0.15, 0.2) is 4.52 Å². The van der Waals surface area contributed by atoms with Crippen molar-refractivity contribution in [3.8, 4) is 0 Å². The van der Waals surface area contributed by atoms with Crippen molar-refractivity contribution in [3.63, 3.8) is 0 Å². The van der Waals surface area contributed by atoms with Crippen LogP contribution in [0.5, 0.6) is 0 Å². The van der Waals surface area contributed by atoms with Gasteiger partial charge < -0.3 is 14.7 Å². The van der Waals surface area contributed by atoms with Crippen molar-refractivity contribution < 1.29 is 9.32 Å². The van der Waals surface area contributed by atoms with Crippen LogP contribution in [0.1, 0.15) is 55.7 Å². The number of nitrogens with zero attached hydrogens (tertiary/aromatic N) is 3. The first-order valence-electron chi connectivity index (χ1n) is 7.51. The summed E-state index contributed by atoms with van der Waals surface area (Å²) in [7, 11) is 0. The van der Waals surface area contributed by atoms with Gasteiger partial charge in [0.1, 0.15) is 0 Å². The molecule has 3 atom stereocenters. The Morgan fingerprint density at radius 3 is 2.90 bits per heavy atom. The molecule has 0 radical (unpaired) electrons. The van der Waals surface area contributed by atoms with Gasteiger partial charge in [0.25, 0.3) is 11.7 Å². The van der Waals surface area contributed by atoms with Crippen molar-refractivity contribution in [2.45, 2.75) is 39.2 Å². The first kappa shape index (κ1) is 13.5. The van der Waals surface area contributed by atoms with E-state index in [-0.39, 0.29) is 17.8 Å². The van der Waals surface area contributed by atoms with Gasteiger partial charge in [-0.3, -0.25) is 4.79 Å². The third-order valence-corrected chi connectivity index (χ3v) is 4.61. The molecule has 2 aliphatic rings. The van der Waals surface area contributed by atoms with Crippen molar-refractivity contribution in [3.05, 3.63) is 11.7 Å². The Bertz CT molecular complexity index is 481. The maximum atomic E-state index is 12.4. The number of amides is 1. The lowest BCUT2D eigenvalue weighted by atomic mass is 9.89. The van der Waals surface area contributed by atoms with E-state index in [4.69, 9.17) is 4.52 Å². The number of hydrogen-bond acceptors (Lipinski definition) is 5. The van der Waals surface area contributed by atoms with E-state index in [0.29, 0.717) is 17.7 Å². The summed E-state index contributed by atoms with van der Waals surface area (Å²) in [5, 5.41) is 7.16. The zero-order valence-electron chi connectivity index (χ0n) is 12.1. The summed E-state index contributed by atoms with van der Waals surface area (Å²) in [6.07, 6.45) is 3.15. The molecule has 0 bridgehead atoms. The molecule has 1 N–H and O–H groups in total. The van der Waals surface area contributed by atoms with Crippen LogP contribution in [-0.2, 0) is 0 Å². The molecule has 1 aromatic heterocycles. The molecule has 1 amide bonds. The van der Waals surface area contributed by atoms with Gasteiger partial charge in [-0.1, -0.05) is 19.0 Å². The van der Waals surface area contributed by atoms with Crippen LogP contribution in [-0.4, -0.2) is 40.6 Å². The number of hydrogen-bond donors (Lipinski definition) is 1. The third kappa shape index (κ3) is 2.57. The first-order chi connectivity index (χ1) is 9.65. The van der Waals surface area contributed by atoms with Gasteiger partial charge >= 0.3 is 0 Å². The topological polar surface area (TPSA) is 71.3 Å². The molecule has 2 saturated heterocycles. The molecular weight excluding hydrogens is 256 g/mol. The van der Waals surface area contributed by atoms with Gasteiger partial charge in [-0.25, -0.2) is 0 Å². The number of aromatic nitrogens is 2. The van der Waals surface area contributed by atoms with Crippen LogP contribution in [0.2, 0.25) is 0 Å². The van der Waals surface area contributed by atoms with Gasteiger partial charge in [0.2, 0.25) is 5.89 Å². The lowest BCUT2D eigenvalue weighted by molar-refractivity contribution is 0.0612. The predicted octanol–water partition coefficient (Wildman–Crippen LogP) is 1.61. The SMILES string of the molecule is CC1CCN(C(=O)c2noc(C3CCCN3)n2)CC1C. The van der Waals surface area contributed by atoms with Gasteiger partial charge in [0.15, 0.2) is 0 Å². The third-order valence-electron chi connectivity index (χ3n) is 4.61. The molecule has 3 rings (SSSR count). The van der Waals surface area contributed by atoms with E-state index in [2.05, 4.69) is 29.3 Å². The molecule has 1 aromatic rings. The molecule has 6 heteroatoms. The minimum Gasteiger partial charge on any atom is -0.337 e. The molecule has 20 heavy (non-hydrogen) atoms. The van der Waals surface area contributed by atoms with Gasteiger partial charge in [-0.15, -0.1) is 0 Å². The number of carbonyl (C=O) groups is 1. The summed E-state index contributed by atoms with van der Waals surface area (Å²) in [4.78, 5) is 18.5. The summed E-state index contributed by atoms with van der Waals surface area (Å²) in [6.45, 7) is 6.97. The summed E-state index contributed by atoms with van der Waals surface area (Å²) in [5.41, 5.74) is 0. The normalized spacial score (nSPS) is 30.7. The lowest BCUT2D eigenvalue weighted by Crippen LogP contribution is -2.42. The Morgan fingerprint density at radius 1 is 1.35 bits per heavy atom. The van der Waals surface area contributed by atoms with E-state index in [0.717, 1.165) is 38.9 Å². The van der Waals surface area contributed by atoms with Crippen molar-refractivity contribution in [1.29, 1.82) is 0 Å². The average molecular weight is 278 g/mol. The van der Waals surface area contributed by atoms with E-state index in [1.807, 2.05) is 4.90 Å². The molecule has 3 heterocycles. The molecule has 0 aliphatic carbocycles. The van der Waals surface area contributed by atoms with Gasteiger partial charge in [0.05, 0.1) is 6.04 Å². The second-order valence-corrected chi connectivity index (χ2v) is 6.10. The Balaban J connectivity index is 1.68. The van der Waals surface area contributed by atoms with Crippen molar-refractivity contribution >= 4 is 5.91 Å². The maximum Gasteiger partial charge on any atom is 0.295 e. The highest BCUT2D eigenvalue weighted by Crippen LogP contribution is 2.24. The number of likely N-dealkylation sites (tertiary alicyclic amines) is 1. The van der Waals surface area contributed by atoms with E-state index in [1.54, 1.807) is 0 Å². The molecule has 6 nitrogen and oxygen atoms in total. The predicted molar refractivity (Wildman–Crippen MR) is 73.1 cm³/mol. The minimum atomic E-state index is -0.100. The Labute approximate surface area is 118 Å². The van der Waals surface area contributed by atoms with E-state index >= 15 is 0 Å². The second-order valence-electron chi connectivity index (χ2n) is 6.10. The summed E-state index contributed by atoms with van der Waals surface area (Å²) in [6, 6.07) is 0.115. The van der Waals surface area contributed by atoms with Gasteiger partial charge in [0, 0.05) is 13.1 Å². The van der Waals surface area contributed by atoms with Crippen LogP contribution < -0.4 is 5.32 Å². The molecular formula is C14H22N4O2. The van der Waals surface area contributed by atoms with Crippen molar-refractivity contribution in [2.75, 3.05) is 19.6 Å².